The fraction of sp³-hybridized carbons (Fsp3) is 0.571. The number of rotatable bonds is 8. The van der Waals surface area contributed by atoms with Crippen molar-refractivity contribution in [2.24, 2.45) is 5.92 Å². The summed E-state index contributed by atoms with van der Waals surface area (Å²) in [5.74, 6) is -0.162. The van der Waals surface area contributed by atoms with Gasteiger partial charge in [0, 0.05) is 11.3 Å². The van der Waals surface area contributed by atoms with E-state index in [1.54, 1.807) is 6.92 Å². The minimum atomic E-state index is -0.585. The lowest BCUT2D eigenvalue weighted by Crippen LogP contribution is -3.16. The van der Waals surface area contributed by atoms with Crippen molar-refractivity contribution in [3.05, 3.63) is 29.8 Å². The number of amides is 1. The first-order valence-corrected chi connectivity index (χ1v) is 9.86. The molecule has 1 aromatic carbocycles. The lowest BCUT2D eigenvalue weighted by Gasteiger charge is -2.33. The molecule has 0 spiro atoms. The SMILES string of the molecule is COC(=O)[C@@H](CC(C)C)NC(=O)C[NH+]1CCN(c2ccc(C(C)=O)cc2)CC1. The molecule has 1 aliphatic heterocycles. The molecule has 1 amide bonds. The summed E-state index contributed by atoms with van der Waals surface area (Å²) in [4.78, 5) is 39.1. The van der Waals surface area contributed by atoms with Crippen molar-refractivity contribution < 1.29 is 24.0 Å². The Morgan fingerprint density at radius 1 is 1.14 bits per heavy atom. The van der Waals surface area contributed by atoms with Crippen LogP contribution in [0.25, 0.3) is 0 Å². The number of methoxy groups -OCH3 is 1. The van der Waals surface area contributed by atoms with Crippen LogP contribution in [-0.2, 0) is 14.3 Å². The highest BCUT2D eigenvalue weighted by Gasteiger charge is 2.26. The zero-order chi connectivity index (χ0) is 20.7. The number of carbonyl (C=O) groups is 3. The minimum Gasteiger partial charge on any atom is -0.467 e. The number of piperazine rings is 1. The highest BCUT2D eigenvalue weighted by Crippen LogP contribution is 2.15. The van der Waals surface area contributed by atoms with Crippen molar-refractivity contribution in [2.45, 2.75) is 33.2 Å². The average molecular weight is 391 g/mol. The van der Waals surface area contributed by atoms with Gasteiger partial charge in [0.2, 0.25) is 0 Å². The molecule has 0 aromatic heterocycles. The molecule has 1 aromatic rings. The van der Waals surface area contributed by atoms with Gasteiger partial charge in [-0.25, -0.2) is 4.79 Å². The highest BCUT2D eigenvalue weighted by molar-refractivity contribution is 5.94. The van der Waals surface area contributed by atoms with Crippen molar-refractivity contribution in [3.8, 4) is 0 Å². The summed E-state index contributed by atoms with van der Waals surface area (Å²) >= 11 is 0. The van der Waals surface area contributed by atoms with Crippen molar-refractivity contribution in [1.82, 2.24) is 5.32 Å². The number of ether oxygens (including phenoxy) is 1. The van der Waals surface area contributed by atoms with Crippen LogP contribution in [0, 0.1) is 5.92 Å². The Balaban J connectivity index is 1.83. The first-order chi connectivity index (χ1) is 13.3. The van der Waals surface area contributed by atoms with E-state index in [0.717, 1.165) is 31.9 Å². The van der Waals surface area contributed by atoms with Gasteiger partial charge in [-0.3, -0.25) is 9.59 Å². The smallest absolute Gasteiger partial charge is 0.328 e. The fourth-order valence-corrected chi connectivity index (χ4v) is 3.47. The van der Waals surface area contributed by atoms with Crippen molar-refractivity contribution in [3.63, 3.8) is 0 Å². The normalized spacial score (nSPS) is 16.0. The molecule has 0 saturated carbocycles. The summed E-state index contributed by atoms with van der Waals surface area (Å²) in [5, 5.41) is 2.83. The molecule has 0 bridgehead atoms. The van der Waals surface area contributed by atoms with E-state index >= 15 is 0 Å². The molecule has 7 nitrogen and oxygen atoms in total. The van der Waals surface area contributed by atoms with E-state index < -0.39 is 12.0 Å². The third kappa shape index (κ3) is 6.34. The number of Topliss-reactive ketones (excluding diaryl/α,β-unsaturated/α-hetero) is 1. The summed E-state index contributed by atoms with van der Waals surface area (Å²) in [7, 11) is 1.34. The van der Waals surface area contributed by atoms with E-state index in [9.17, 15) is 14.4 Å². The van der Waals surface area contributed by atoms with E-state index in [1.165, 1.54) is 12.0 Å². The predicted molar refractivity (Wildman–Crippen MR) is 108 cm³/mol. The van der Waals surface area contributed by atoms with Crippen LogP contribution >= 0.6 is 0 Å². The van der Waals surface area contributed by atoms with E-state index in [2.05, 4.69) is 10.2 Å². The lowest BCUT2D eigenvalue weighted by atomic mass is 10.0. The monoisotopic (exact) mass is 390 g/mol. The summed E-state index contributed by atoms with van der Waals surface area (Å²) in [5.41, 5.74) is 1.81. The Labute approximate surface area is 167 Å². The van der Waals surface area contributed by atoms with Crippen LogP contribution < -0.4 is 15.1 Å². The number of ketones is 1. The quantitative estimate of drug-likeness (QED) is 0.493. The maximum Gasteiger partial charge on any atom is 0.328 e. The van der Waals surface area contributed by atoms with Gasteiger partial charge in [0.25, 0.3) is 5.91 Å². The molecule has 154 valence electrons. The number of carbonyl (C=O) groups excluding carboxylic acids is 3. The Bertz CT molecular complexity index is 679. The Hall–Kier alpha value is -2.41. The first kappa shape index (κ1) is 21.9. The number of esters is 1. The summed E-state index contributed by atoms with van der Waals surface area (Å²) in [6.07, 6.45) is 0.567. The van der Waals surface area contributed by atoms with Crippen LogP contribution in [-0.4, -0.2) is 63.5 Å². The highest BCUT2D eigenvalue weighted by atomic mass is 16.5. The maximum absolute atomic E-state index is 12.4. The number of quaternary nitrogens is 1. The largest absolute Gasteiger partial charge is 0.467 e. The molecule has 0 aliphatic carbocycles. The fourth-order valence-electron chi connectivity index (χ4n) is 3.47. The van der Waals surface area contributed by atoms with Gasteiger partial charge in [-0.2, -0.15) is 0 Å². The van der Waals surface area contributed by atoms with Crippen LogP contribution in [0.3, 0.4) is 0 Å². The average Bonchev–Trinajstić information content (AvgIpc) is 2.67. The van der Waals surface area contributed by atoms with Gasteiger partial charge in [-0.1, -0.05) is 13.8 Å². The molecule has 1 saturated heterocycles. The molecule has 1 heterocycles. The molecular formula is C21H32N3O4+. The molecular weight excluding hydrogens is 358 g/mol. The van der Waals surface area contributed by atoms with E-state index in [-0.39, 0.29) is 17.6 Å². The zero-order valence-electron chi connectivity index (χ0n) is 17.3. The standard InChI is InChI=1S/C21H31N3O4/c1-15(2)13-19(21(27)28-4)22-20(26)14-23-9-11-24(12-10-23)18-7-5-17(6-8-18)16(3)25/h5-8,15,19H,9-14H2,1-4H3,(H,22,26)/p+1/t19-/m1/s1. The molecule has 28 heavy (non-hydrogen) atoms. The Morgan fingerprint density at radius 3 is 2.25 bits per heavy atom. The van der Waals surface area contributed by atoms with Crippen molar-refractivity contribution in [1.29, 1.82) is 0 Å². The van der Waals surface area contributed by atoms with Crippen LogP contribution in [0.2, 0.25) is 0 Å². The lowest BCUT2D eigenvalue weighted by molar-refractivity contribution is -0.892. The second-order valence-electron chi connectivity index (χ2n) is 7.79. The molecule has 2 rings (SSSR count). The third-order valence-corrected chi connectivity index (χ3v) is 5.05. The van der Waals surface area contributed by atoms with Gasteiger partial charge >= 0.3 is 5.97 Å². The topological polar surface area (TPSA) is 80.2 Å². The summed E-state index contributed by atoms with van der Waals surface area (Å²) < 4.78 is 4.80. The third-order valence-electron chi connectivity index (χ3n) is 5.05. The minimum absolute atomic E-state index is 0.0644. The number of hydrogen-bond acceptors (Lipinski definition) is 5. The number of nitrogens with one attached hydrogen (secondary N) is 2. The number of benzene rings is 1. The van der Waals surface area contributed by atoms with E-state index in [4.69, 9.17) is 4.74 Å². The van der Waals surface area contributed by atoms with Crippen molar-refractivity contribution in [2.75, 3.05) is 44.7 Å². The van der Waals surface area contributed by atoms with Gasteiger partial charge < -0.3 is 19.9 Å². The summed E-state index contributed by atoms with van der Waals surface area (Å²) in [6.45, 7) is 9.30. The Morgan fingerprint density at radius 2 is 1.75 bits per heavy atom. The molecule has 1 atom stereocenters. The van der Waals surface area contributed by atoms with Crippen LogP contribution in [0.4, 0.5) is 5.69 Å². The van der Waals surface area contributed by atoms with Crippen LogP contribution in [0.15, 0.2) is 24.3 Å². The van der Waals surface area contributed by atoms with Crippen LogP contribution in [0.1, 0.15) is 37.6 Å². The molecule has 0 unspecified atom stereocenters. The number of hydrogen-bond donors (Lipinski definition) is 2. The molecule has 0 radical (unpaired) electrons. The van der Waals surface area contributed by atoms with Gasteiger partial charge in [0.05, 0.1) is 33.3 Å². The Kier molecular flexibility index (Phi) is 7.99. The van der Waals surface area contributed by atoms with Gasteiger partial charge in [0.1, 0.15) is 6.04 Å². The first-order valence-electron chi connectivity index (χ1n) is 9.86. The maximum atomic E-state index is 12.4. The second-order valence-corrected chi connectivity index (χ2v) is 7.79. The van der Waals surface area contributed by atoms with Gasteiger partial charge in [-0.15, -0.1) is 0 Å². The van der Waals surface area contributed by atoms with Crippen LogP contribution in [0.5, 0.6) is 0 Å². The molecule has 1 aliphatic rings. The number of anilines is 1. The number of nitrogens with zero attached hydrogens (tertiary/aromatic N) is 1. The van der Waals surface area contributed by atoms with E-state index in [0.29, 0.717) is 18.5 Å². The zero-order valence-corrected chi connectivity index (χ0v) is 17.3. The van der Waals surface area contributed by atoms with Gasteiger partial charge in [-0.05, 0) is 43.5 Å². The molecule has 7 heteroatoms. The molecule has 1 fully saturated rings. The second kappa shape index (κ2) is 10.2. The predicted octanol–water partition coefficient (Wildman–Crippen LogP) is 0.298. The van der Waals surface area contributed by atoms with Crippen molar-refractivity contribution >= 4 is 23.3 Å². The van der Waals surface area contributed by atoms with E-state index in [1.807, 2.05) is 38.1 Å². The van der Waals surface area contributed by atoms with Gasteiger partial charge in [0.15, 0.2) is 12.3 Å². The molecule has 2 N–H and O–H groups in total. The summed E-state index contributed by atoms with van der Waals surface area (Å²) in [6, 6.07) is 7.07.